The number of nitrogens with zero attached hydrogens (tertiary/aromatic N) is 2. The molecule has 1 aliphatic rings. The number of anilines is 1. The average molecular weight is 259 g/mol. The lowest BCUT2D eigenvalue weighted by Gasteiger charge is -2.36. The molecule has 1 atom stereocenters. The van der Waals surface area contributed by atoms with Gasteiger partial charge in [-0.2, -0.15) is 0 Å². The molecule has 0 aromatic carbocycles. The van der Waals surface area contributed by atoms with Crippen LogP contribution < -0.4 is 4.90 Å². The summed E-state index contributed by atoms with van der Waals surface area (Å²) in [5, 5.41) is 0. The second-order valence-corrected chi connectivity index (χ2v) is 4.34. The molecule has 0 aliphatic carbocycles. The number of hydrogen-bond donors (Lipinski definition) is 0. The largest absolute Gasteiger partial charge is 0.377 e. The molecule has 2 rings (SSSR count). The zero-order chi connectivity index (χ0) is 12.3. The minimum Gasteiger partial charge on any atom is -0.377 e. The van der Waals surface area contributed by atoms with Crippen molar-refractivity contribution in [2.75, 3.05) is 24.7 Å². The van der Waals surface area contributed by atoms with Crippen LogP contribution >= 0.6 is 11.6 Å². The highest BCUT2D eigenvalue weighted by atomic mass is 35.5. The first-order valence-corrected chi connectivity index (χ1v) is 6.35. The first-order valence-electron chi connectivity index (χ1n) is 5.81. The maximum absolute atomic E-state index is 14.1. The van der Waals surface area contributed by atoms with E-state index in [9.17, 15) is 4.39 Å². The smallest absolute Gasteiger partial charge is 0.170 e. The Morgan fingerprint density at radius 2 is 2.47 bits per heavy atom. The van der Waals surface area contributed by atoms with Crippen molar-refractivity contribution in [1.82, 2.24) is 4.98 Å². The Morgan fingerprint density at radius 1 is 1.65 bits per heavy atom. The summed E-state index contributed by atoms with van der Waals surface area (Å²) in [6.45, 7) is 3.98. The van der Waals surface area contributed by atoms with Gasteiger partial charge in [0, 0.05) is 18.3 Å². The van der Waals surface area contributed by atoms with E-state index in [2.05, 4.69) is 11.9 Å². The lowest BCUT2D eigenvalue weighted by Crippen LogP contribution is -2.46. The SMILES string of the molecule is CCC1COCCN1c1nccc(CCl)c1F. The summed E-state index contributed by atoms with van der Waals surface area (Å²) in [7, 11) is 0. The van der Waals surface area contributed by atoms with Gasteiger partial charge in [-0.05, 0) is 12.5 Å². The Balaban J connectivity index is 2.31. The zero-order valence-corrected chi connectivity index (χ0v) is 10.6. The van der Waals surface area contributed by atoms with Gasteiger partial charge in [-0.25, -0.2) is 9.37 Å². The van der Waals surface area contributed by atoms with Crippen LogP contribution in [0.1, 0.15) is 18.9 Å². The summed E-state index contributed by atoms with van der Waals surface area (Å²) in [4.78, 5) is 6.13. The van der Waals surface area contributed by atoms with Gasteiger partial charge in [0.15, 0.2) is 11.6 Å². The summed E-state index contributed by atoms with van der Waals surface area (Å²) in [6.07, 6.45) is 2.52. The highest BCUT2D eigenvalue weighted by Gasteiger charge is 2.25. The summed E-state index contributed by atoms with van der Waals surface area (Å²) < 4.78 is 19.5. The molecule has 94 valence electrons. The van der Waals surface area contributed by atoms with Gasteiger partial charge in [-0.3, -0.25) is 0 Å². The van der Waals surface area contributed by atoms with Crippen molar-refractivity contribution in [3.8, 4) is 0 Å². The van der Waals surface area contributed by atoms with E-state index < -0.39 is 0 Å². The normalized spacial score (nSPS) is 20.6. The highest BCUT2D eigenvalue weighted by Crippen LogP contribution is 2.24. The molecule has 0 saturated carbocycles. The van der Waals surface area contributed by atoms with Gasteiger partial charge in [0.25, 0.3) is 0 Å². The van der Waals surface area contributed by atoms with Crippen molar-refractivity contribution in [2.45, 2.75) is 25.3 Å². The molecule has 17 heavy (non-hydrogen) atoms. The third kappa shape index (κ3) is 2.53. The number of aromatic nitrogens is 1. The third-order valence-electron chi connectivity index (χ3n) is 3.07. The molecule has 0 spiro atoms. The van der Waals surface area contributed by atoms with Crippen LogP contribution in [0.2, 0.25) is 0 Å². The molecule has 1 aromatic heterocycles. The summed E-state index contributed by atoms with van der Waals surface area (Å²) >= 11 is 5.70. The third-order valence-corrected chi connectivity index (χ3v) is 3.35. The number of ether oxygens (including phenoxy) is 1. The van der Waals surface area contributed by atoms with Gasteiger partial charge >= 0.3 is 0 Å². The molecule has 5 heteroatoms. The lowest BCUT2D eigenvalue weighted by atomic mass is 10.1. The standard InChI is InChI=1S/C12H16ClFN2O/c1-2-10-8-17-6-5-16(10)12-11(14)9(7-13)3-4-15-12/h3-4,10H,2,5-8H2,1H3. The molecule has 0 amide bonds. The average Bonchev–Trinajstić information content (AvgIpc) is 2.39. The molecule has 1 fully saturated rings. The molecule has 0 bridgehead atoms. The Bertz CT molecular complexity index is 389. The molecule has 1 saturated heterocycles. The van der Waals surface area contributed by atoms with E-state index in [0.29, 0.717) is 31.1 Å². The molecule has 1 aliphatic heterocycles. The van der Waals surface area contributed by atoms with Crippen molar-refractivity contribution < 1.29 is 9.13 Å². The number of pyridine rings is 1. The molecular weight excluding hydrogens is 243 g/mol. The first kappa shape index (κ1) is 12.6. The van der Waals surface area contributed by atoms with E-state index in [1.54, 1.807) is 12.3 Å². The Hall–Kier alpha value is -0.870. The van der Waals surface area contributed by atoms with Crippen molar-refractivity contribution in [3.63, 3.8) is 0 Å². The molecule has 3 nitrogen and oxygen atoms in total. The second-order valence-electron chi connectivity index (χ2n) is 4.07. The fraction of sp³-hybridized carbons (Fsp3) is 0.583. The summed E-state index contributed by atoms with van der Waals surface area (Å²) in [5.41, 5.74) is 0.498. The van der Waals surface area contributed by atoms with E-state index in [1.807, 2.05) is 4.90 Å². The van der Waals surface area contributed by atoms with Gasteiger partial charge in [0.1, 0.15) is 0 Å². The Labute approximate surface area is 106 Å². The van der Waals surface area contributed by atoms with Crippen LogP contribution in [0.3, 0.4) is 0 Å². The predicted octanol–water partition coefficient (Wildman–Crippen LogP) is 2.57. The molecular formula is C12H16ClFN2O. The Morgan fingerprint density at radius 3 is 3.18 bits per heavy atom. The number of morpholine rings is 1. The molecule has 1 aromatic rings. The van der Waals surface area contributed by atoms with Crippen LogP contribution in [-0.4, -0.2) is 30.8 Å². The van der Waals surface area contributed by atoms with Gasteiger partial charge in [0.2, 0.25) is 0 Å². The maximum Gasteiger partial charge on any atom is 0.170 e. The van der Waals surface area contributed by atoms with Crippen molar-refractivity contribution in [1.29, 1.82) is 0 Å². The minimum absolute atomic E-state index is 0.169. The number of rotatable bonds is 3. The molecule has 2 heterocycles. The minimum atomic E-state index is -0.303. The van der Waals surface area contributed by atoms with Gasteiger partial charge in [-0.15, -0.1) is 11.6 Å². The van der Waals surface area contributed by atoms with Crippen LogP contribution in [0.15, 0.2) is 12.3 Å². The van der Waals surface area contributed by atoms with Gasteiger partial charge < -0.3 is 9.64 Å². The van der Waals surface area contributed by atoms with Crippen LogP contribution in [0.5, 0.6) is 0 Å². The quantitative estimate of drug-likeness (QED) is 0.780. The van der Waals surface area contributed by atoms with Crippen molar-refractivity contribution in [2.24, 2.45) is 0 Å². The molecule has 0 radical (unpaired) electrons. The van der Waals surface area contributed by atoms with Crippen molar-refractivity contribution in [3.05, 3.63) is 23.6 Å². The fourth-order valence-electron chi connectivity index (χ4n) is 2.05. The topological polar surface area (TPSA) is 25.4 Å². The predicted molar refractivity (Wildman–Crippen MR) is 66.0 cm³/mol. The number of alkyl halides is 1. The van der Waals surface area contributed by atoms with Gasteiger partial charge in [-0.1, -0.05) is 6.92 Å². The highest BCUT2D eigenvalue weighted by molar-refractivity contribution is 6.17. The van der Waals surface area contributed by atoms with E-state index in [0.717, 1.165) is 6.42 Å². The number of hydrogen-bond acceptors (Lipinski definition) is 3. The van der Waals surface area contributed by atoms with Crippen LogP contribution in [0.25, 0.3) is 0 Å². The van der Waals surface area contributed by atoms with E-state index >= 15 is 0 Å². The van der Waals surface area contributed by atoms with E-state index in [-0.39, 0.29) is 17.7 Å². The van der Waals surface area contributed by atoms with Crippen molar-refractivity contribution >= 4 is 17.4 Å². The summed E-state index contributed by atoms with van der Waals surface area (Å²) in [5.74, 6) is 0.267. The second kappa shape index (κ2) is 5.65. The summed E-state index contributed by atoms with van der Waals surface area (Å²) in [6, 6.07) is 1.81. The molecule has 0 N–H and O–H groups in total. The maximum atomic E-state index is 14.1. The van der Waals surface area contributed by atoms with E-state index in [1.165, 1.54) is 0 Å². The Kier molecular flexibility index (Phi) is 4.18. The monoisotopic (exact) mass is 258 g/mol. The fourth-order valence-corrected chi connectivity index (χ4v) is 2.25. The molecule has 1 unspecified atom stereocenters. The van der Waals surface area contributed by atoms with Crippen LogP contribution in [0.4, 0.5) is 10.2 Å². The van der Waals surface area contributed by atoms with Crippen LogP contribution in [0, 0.1) is 5.82 Å². The zero-order valence-electron chi connectivity index (χ0n) is 9.83. The lowest BCUT2D eigenvalue weighted by molar-refractivity contribution is 0.0921. The van der Waals surface area contributed by atoms with Crippen LogP contribution in [-0.2, 0) is 10.6 Å². The number of halogens is 2. The van der Waals surface area contributed by atoms with E-state index in [4.69, 9.17) is 16.3 Å². The van der Waals surface area contributed by atoms with Gasteiger partial charge in [0.05, 0.1) is 25.1 Å². The first-order chi connectivity index (χ1) is 8.27.